The number of amides is 1. The molecule has 2 aromatic carbocycles. The maximum absolute atomic E-state index is 13.0. The van der Waals surface area contributed by atoms with E-state index >= 15 is 0 Å². The summed E-state index contributed by atoms with van der Waals surface area (Å²) < 4.78 is 18.7. The molecule has 7 nitrogen and oxygen atoms in total. The first-order valence-corrected chi connectivity index (χ1v) is 9.19. The fourth-order valence-corrected chi connectivity index (χ4v) is 3.42. The van der Waals surface area contributed by atoms with E-state index in [4.69, 9.17) is 4.42 Å². The van der Waals surface area contributed by atoms with Gasteiger partial charge < -0.3 is 9.73 Å². The van der Waals surface area contributed by atoms with Crippen molar-refractivity contribution in [2.45, 2.75) is 0 Å². The predicted octanol–water partition coefficient (Wildman–Crippen LogP) is 4.89. The number of benzene rings is 2. The molecule has 2 heterocycles. The average Bonchev–Trinajstić information content (AvgIpc) is 3.31. The van der Waals surface area contributed by atoms with E-state index in [0.717, 1.165) is 11.8 Å². The SMILES string of the molecule is O=C1NC(=Nc2ccc(F)cc2)S/C1=C/c1ccc(-c2cccc([N+](=O)[O-])c2)o1. The van der Waals surface area contributed by atoms with Gasteiger partial charge in [-0.2, -0.15) is 0 Å². The number of nitro benzene ring substituents is 1. The van der Waals surface area contributed by atoms with Crippen LogP contribution in [0, 0.1) is 15.9 Å². The number of aliphatic imine (C=N–C) groups is 1. The number of furan rings is 1. The Balaban J connectivity index is 1.54. The van der Waals surface area contributed by atoms with Crippen molar-refractivity contribution in [1.29, 1.82) is 0 Å². The van der Waals surface area contributed by atoms with Crippen LogP contribution in [0.2, 0.25) is 0 Å². The highest BCUT2D eigenvalue weighted by molar-refractivity contribution is 8.18. The van der Waals surface area contributed by atoms with Crippen molar-refractivity contribution in [2.24, 2.45) is 4.99 Å². The molecular weight excluding hydrogens is 397 g/mol. The molecule has 0 spiro atoms. The Morgan fingerprint density at radius 2 is 1.93 bits per heavy atom. The van der Waals surface area contributed by atoms with Crippen molar-refractivity contribution in [3.8, 4) is 11.3 Å². The first kappa shape index (κ1) is 18.6. The first-order chi connectivity index (χ1) is 14.0. The summed E-state index contributed by atoms with van der Waals surface area (Å²) in [5, 5.41) is 13.9. The van der Waals surface area contributed by atoms with E-state index in [2.05, 4.69) is 10.3 Å². The van der Waals surface area contributed by atoms with E-state index < -0.39 is 4.92 Å². The summed E-state index contributed by atoms with van der Waals surface area (Å²) in [6.45, 7) is 0. The van der Waals surface area contributed by atoms with Gasteiger partial charge in [0.15, 0.2) is 5.17 Å². The maximum atomic E-state index is 13.0. The minimum Gasteiger partial charge on any atom is -0.457 e. The van der Waals surface area contributed by atoms with Crippen LogP contribution < -0.4 is 5.32 Å². The van der Waals surface area contributed by atoms with E-state index in [0.29, 0.717) is 32.8 Å². The van der Waals surface area contributed by atoms with E-state index in [1.54, 1.807) is 30.3 Å². The zero-order valence-electron chi connectivity index (χ0n) is 14.7. The van der Waals surface area contributed by atoms with Crippen molar-refractivity contribution in [1.82, 2.24) is 5.32 Å². The van der Waals surface area contributed by atoms with Gasteiger partial charge in [-0.25, -0.2) is 9.38 Å². The molecule has 0 radical (unpaired) electrons. The van der Waals surface area contributed by atoms with Crippen molar-refractivity contribution in [3.63, 3.8) is 0 Å². The maximum Gasteiger partial charge on any atom is 0.270 e. The Hall–Kier alpha value is -3.72. The number of carbonyl (C=O) groups is 1. The number of hydrogen-bond donors (Lipinski definition) is 1. The lowest BCUT2D eigenvalue weighted by Gasteiger charge is -1.97. The van der Waals surface area contributed by atoms with E-state index in [-0.39, 0.29) is 17.4 Å². The third-order valence-electron chi connectivity index (χ3n) is 3.95. The second kappa shape index (κ2) is 7.72. The van der Waals surface area contributed by atoms with Crippen LogP contribution in [0.15, 0.2) is 75.0 Å². The van der Waals surface area contributed by atoms with Gasteiger partial charge in [-0.3, -0.25) is 14.9 Å². The monoisotopic (exact) mass is 409 g/mol. The highest BCUT2D eigenvalue weighted by atomic mass is 32.2. The largest absolute Gasteiger partial charge is 0.457 e. The zero-order valence-corrected chi connectivity index (χ0v) is 15.5. The zero-order chi connectivity index (χ0) is 20.4. The molecule has 9 heteroatoms. The van der Waals surface area contributed by atoms with Crippen LogP contribution in [0.3, 0.4) is 0 Å². The van der Waals surface area contributed by atoms with Gasteiger partial charge in [-0.05, 0) is 48.2 Å². The summed E-state index contributed by atoms with van der Waals surface area (Å²) in [5.74, 6) is 0.176. The van der Waals surface area contributed by atoms with Gasteiger partial charge >= 0.3 is 0 Å². The van der Waals surface area contributed by atoms with Crippen LogP contribution in [0.5, 0.6) is 0 Å². The first-order valence-electron chi connectivity index (χ1n) is 8.38. The lowest BCUT2D eigenvalue weighted by Crippen LogP contribution is -2.19. The van der Waals surface area contributed by atoms with Gasteiger partial charge in [0.25, 0.3) is 11.6 Å². The molecule has 1 aromatic heterocycles. The highest BCUT2D eigenvalue weighted by Gasteiger charge is 2.24. The fraction of sp³-hybridized carbons (Fsp3) is 0. The summed E-state index contributed by atoms with van der Waals surface area (Å²) in [6.07, 6.45) is 1.56. The molecular formula is C20H12FN3O4S. The van der Waals surface area contributed by atoms with E-state index in [9.17, 15) is 19.3 Å². The van der Waals surface area contributed by atoms with Gasteiger partial charge in [0.2, 0.25) is 0 Å². The van der Waals surface area contributed by atoms with Crippen LogP contribution in [0.4, 0.5) is 15.8 Å². The highest BCUT2D eigenvalue weighted by Crippen LogP contribution is 2.31. The third kappa shape index (κ3) is 4.25. The van der Waals surface area contributed by atoms with Crippen molar-refractivity contribution < 1.29 is 18.5 Å². The Morgan fingerprint density at radius 1 is 1.14 bits per heavy atom. The number of hydrogen-bond acceptors (Lipinski definition) is 6. The number of thioether (sulfide) groups is 1. The average molecular weight is 409 g/mol. The van der Waals surface area contributed by atoms with Gasteiger partial charge in [0, 0.05) is 23.8 Å². The number of amidine groups is 1. The molecule has 1 saturated heterocycles. The number of rotatable bonds is 4. The topological polar surface area (TPSA) is 97.7 Å². The molecule has 1 amide bonds. The van der Waals surface area contributed by atoms with Gasteiger partial charge in [-0.1, -0.05) is 12.1 Å². The molecule has 1 aliphatic rings. The van der Waals surface area contributed by atoms with Gasteiger partial charge in [0.05, 0.1) is 15.5 Å². The standard InChI is InChI=1S/C20H12FN3O4S/c21-13-4-6-14(7-5-13)22-20-23-19(25)18(29-20)11-16-8-9-17(28-16)12-2-1-3-15(10-12)24(26)27/h1-11H,(H,22,23,25)/b18-11+. The number of carbonyl (C=O) groups excluding carboxylic acids is 1. The summed E-state index contributed by atoms with van der Waals surface area (Å²) in [5.41, 5.74) is 1.04. The smallest absolute Gasteiger partial charge is 0.270 e. The van der Waals surface area contributed by atoms with Crippen LogP contribution in [-0.2, 0) is 4.79 Å². The molecule has 1 fully saturated rings. The van der Waals surface area contributed by atoms with Crippen LogP contribution in [0.25, 0.3) is 17.4 Å². The summed E-state index contributed by atoms with van der Waals surface area (Å²) in [7, 11) is 0. The molecule has 1 aliphatic heterocycles. The minimum atomic E-state index is -0.475. The molecule has 0 unspecified atom stereocenters. The Labute approximate surface area is 168 Å². The quantitative estimate of drug-likeness (QED) is 0.376. The molecule has 0 saturated carbocycles. The number of nitro groups is 1. The fourth-order valence-electron chi connectivity index (χ4n) is 2.60. The van der Waals surface area contributed by atoms with Crippen LogP contribution in [0.1, 0.15) is 5.76 Å². The molecule has 144 valence electrons. The molecule has 0 bridgehead atoms. The van der Waals surface area contributed by atoms with Crippen LogP contribution in [-0.4, -0.2) is 16.0 Å². The number of halogens is 1. The predicted molar refractivity (Wildman–Crippen MR) is 108 cm³/mol. The normalized spacial score (nSPS) is 16.4. The van der Waals surface area contributed by atoms with Crippen molar-refractivity contribution >= 4 is 40.3 Å². The molecule has 1 N–H and O–H groups in total. The molecule has 4 rings (SSSR count). The summed E-state index contributed by atoms with van der Waals surface area (Å²) >= 11 is 1.13. The second-order valence-electron chi connectivity index (χ2n) is 5.97. The Kier molecular flexibility index (Phi) is 4.96. The molecule has 3 aromatic rings. The Bertz CT molecular complexity index is 1170. The lowest BCUT2D eigenvalue weighted by molar-refractivity contribution is -0.384. The van der Waals surface area contributed by atoms with E-state index in [1.165, 1.54) is 36.4 Å². The van der Waals surface area contributed by atoms with Gasteiger partial charge in [0.1, 0.15) is 17.3 Å². The lowest BCUT2D eigenvalue weighted by atomic mass is 10.1. The molecule has 0 atom stereocenters. The van der Waals surface area contributed by atoms with Crippen LogP contribution >= 0.6 is 11.8 Å². The Morgan fingerprint density at radius 3 is 2.69 bits per heavy atom. The number of non-ortho nitro benzene ring substituents is 1. The van der Waals surface area contributed by atoms with Crippen molar-refractivity contribution in [2.75, 3.05) is 0 Å². The van der Waals surface area contributed by atoms with Gasteiger partial charge in [-0.15, -0.1) is 0 Å². The summed E-state index contributed by atoms with van der Waals surface area (Å²) in [4.78, 5) is 27.3. The minimum absolute atomic E-state index is 0.0359. The van der Waals surface area contributed by atoms with E-state index in [1.807, 2.05) is 0 Å². The number of nitrogens with zero attached hydrogens (tertiary/aromatic N) is 2. The number of nitrogens with one attached hydrogen (secondary N) is 1. The third-order valence-corrected chi connectivity index (χ3v) is 4.86. The summed E-state index contributed by atoms with van der Waals surface area (Å²) in [6, 6.07) is 15.0. The molecule has 0 aliphatic carbocycles. The second-order valence-corrected chi connectivity index (χ2v) is 7.00. The van der Waals surface area contributed by atoms with Crippen molar-refractivity contribution in [3.05, 3.63) is 87.3 Å². The molecule has 29 heavy (non-hydrogen) atoms.